The van der Waals surface area contributed by atoms with Gasteiger partial charge in [0.2, 0.25) is 0 Å². The van der Waals surface area contributed by atoms with Crippen LogP contribution in [0.15, 0.2) is 28.7 Å². The number of nitrogens with one attached hydrogen (secondary N) is 2. The maximum absolute atomic E-state index is 13.8. The second-order valence-corrected chi connectivity index (χ2v) is 6.88. The standard InChI is InChI=1S/C16H18F4N6S/c1-21-15(23-7-13-25-12(9-27-13)16(18,19)20)24-10-4-6-26(8-10)14-11(17)3-2-5-22-14/h2-3,5,9-10H,4,6-8H2,1H3,(H2,21,23,24). The Labute approximate surface area is 157 Å². The lowest BCUT2D eigenvalue weighted by Crippen LogP contribution is -2.44. The van der Waals surface area contributed by atoms with E-state index in [1.165, 1.54) is 6.07 Å². The molecule has 2 aromatic heterocycles. The molecule has 1 unspecified atom stereocenters. The van der Waals surface area contributed by atoms with Crippen molar-refractivity contribution >= 4 is 23.1 Å². The Bertz CT molecular complexity index is 806. The van der Waals surface area contributed by atoms with E-state index in [1.807, 2.05) is 4.90 Å². The summed E-state index contributed by atoms with van der Waals surface area (Å²) >= 11 is 0.936. The van der Waals surface area contributed by atoms with E-state index in [0.29, 0.717) is 29.9 Å². The van der Waals surface area contributed by atoms with Gasteiger partial charge in [-0.1, -0.05) is 0 Å². The molecular formula is C16H18F4N6S. The van der Waals surface area contributed by atoms with Crippen molar-refractivity contribution in [3.63, 3.8) is 0 Å². The van der Waals surface area contributed by atoms with Gasteiger partial charge in [0.1, 0.15) is 5.01 Å². The fourth-order valence-electron chi connectivity index (χ4n) is 2.75. The molecule has 0 saturated carbocycles. The first-order valence-corrected chi connectivity index (χ1v) is 9.09. The lowest BCUT2D eigenvalue weighted by atomic mass is 10.3. The second-order valence-electron chi connectivity index (χ2n) is 5.93. The highest BCUT2D eigenvalue weighted by Crippen LogP contribution is 2.29. The van der Waals surface area contributed by atoms with Crippen molar-refractivity contribution in [3.8, 4) is 0 Å². The van der Waals surface area contributed by atoms with Crippen LogP contribution in [-0.2, 0) is 12.7 Å². The number of hydrogen-bond donors (Lipinski definition) is 2. The van der Waals surface area contributed by atoms with Gasteiger partial charge in [-0.2, -0.15) is 13.2 Å². The van der Waals surface area contributed by atoms with E-state index < -0.39 is 11.9 Å². The van der Waals surface area contributed by atoms with Gasteiger partial charge in [-0.25, -0.2) is 14.4 Å². The molecule has 0 radical (unpaired) electrons. The average molecular weight is 402 g/mol. The van der Waals surface area contributed by atoms with E-state index in [4.69, 9.17) is 0 Å². The first kappa shape index (κ1) is 19.3. The van der Waals surface area contributed by atoms with E-state index in [-0.39, 0.29) is 18.4 Å². The van der Waals surface area contributed by atoms with Crippen molar-refractivity contribution < 1.29 is 17.6 Å². The molecule has 1 atom stereocenters. The van der Waals surface area contributed by atoms with Crippen LogP contribution in [0.5, 0.6) is 0 Å². The Kier molecular flexibility index (Phi) is 5.78. The summed E-state index contributed by atoms with van der Waals surface area (Å²) in [7, 11) is 1.57. The Hall–Kier alpha value is -2.43. The molecule has 1 aliphatic heterocycles. The first-order valence-electron chi connectivity index (χ1n) is 8.21. The summed E-state index contributed by atoms with van der Waals surface area (Å²) in [5.74, 6) is 0.393. The van der Waals surface area contributed by atoms with Crippen molar-refractivity contribution in [1.82, 2.24) is 20.6 Å². The molecule has 0 amide bonds. The third-order valence-corrected chi connectivity index (χ3v) is 4.89. The summed E-state index contributed by atoms with van der Waals surface area (Å²) in [6.45, 7) is 1.32. The fraction of sp³-hybridized carbons (Fsp3) is 0.438. The van der Waals surface area contributed by atoms with E-state index in [2.05, 4.69) is 25.6 Å². The number of pyridine rings is 1. The fourth-order valence-corrected chi connectivity index (χ4v) is 3.49. The number of anilines is 1. The van der Waals surface area contributed by atoms with Gasteiger partial charge in [-0.3, -0.25) is 4.99 Å². The minimum absolute atomic E-state index is 0.0136. The maximum Gasteiger partial charge on any atom is 0.434 e. The number of nitrogens with zero attached hydrogens (tertiary/aromatic N) is 4. The SMILES string of the molecule is CN=C(NCc1nc(C(F)(F)F)cs1)NC1CCN(c2ncccc2F)C1. The summed E-state index contributed by atoms with van der Waals surface area (Å²) in [6, 6.07) is 2.92. The number of alkyl halides is 3. The lowest BCUT2D eigenvalue weighted by molar-refractivity contribution is -0.140. The molecule has 1 saturated heterocycles. The smallest absolute Gasteiger partial charge is 0.352 e. The van der Waals surface area contributed by atoms with Gasteiger partial charge in [0.15, 0.2) is 23.3 Å². The molecule has 6 nitrogen and oxygen atoms in total. The highest BCUT2D eigenvalue weighted by molar-refractivity contribution is 7.09. The first-order chi connectivity index (χ1) is 12.9. The highest BCUT2D eigenvalue weighted by Gasteiger charge is 2.33. The zero-order valence-corrected chi connectivity index (χ0v) is 15.2. The second kappa shape index (κ2) is 8.07. The summed E-state index contributed by atoms with van der Waals surface area (Å²) in [5.41, 5.74) is -0.893. The Morgan fingerprint density at radius 2 is 2.26 bits per heavy atom. The molecule has 146 valence electrons. The molecule has 2 aromatic rings. The van der Waals surface area contributed by atoms with Crippen LogP contribution in [0.1, 0.15) is 17.1 Å². The summed E-state index contributed by atoms with van der Waals surface area (Å²) < 4.78 is 51.6. The Balaban J connectivity index is 1.52. The number of aromatic nitrogens is 2. The zero-order valence-electron chi connectivity index (χ0n) is 14.4. The Morgan fingerprint density at radius 1 is 1.44 bits per heavy atom. The topological polar surface area (TPSA) is 65.4 Å². The summed E-state index contributed by atoms with van der Waals surface area (Å²) in [4.78, 5) is 13.6. The van der Waals surface area contributed by atoms with Gasteiger partial charge in [-0.15, -0.1) is 11.3 Å². The molecule has 3 heterocycles. The molecule has 0 bridgehead atoms. The van der Waals surface area contributed by atoms with Gasteiger partial charge >= 0.3 is 6.18 Å². The largest absolute Gasteiger partial charge is 0.434 e. The van der Waals surface area contributed by atoms with E-state index in [9.17, 15) is 17.6 Å². The number of aliphatic imine (C=N–C) groups is 1. The summed E-state index contributed by atoms with van der Waals surface area (Å²) in [6.07, 6.45) is -2.14. The minimum Gasteiger partial charge on any atom is -0.352 e. The van der Waals surface area contributed by atoms with Gasteiger partial charge < -0.3 is 15.5 Å². The zero-order chi connectivity index (χ0) is 19.4. The Morgan fingerprint density at radius 3 is 2.93 bits per heavy atom. The predicted octanol–water partition coefficient (Wildman–Crippen LogP) is 2.64. The number of guanidine groups is 1. The molecule has 3 rings (SSSR count). The highest BCUT2D eigenvalue weighted by atomic mass is 32.1. The molecule has 2 N–H and O–H groups in total. The van der Waals surface area contributed by atoms with Crippen LogP contribution in [0.4, 0.5) is 23.4 Å². The molecule has 27 heavy (non-hydrogen) atoms. The van der Waals surface area contributed by atoms with Crippen molar-refractivity contribution in [2.24, 2.45) is 4.99 Å². The van der Waals surface area contributed by atoms with Crippen molar-refractivity contribution in [1.29, 1.82) is 0 Å². The van der Waals surface area contributed by atoms with Crippen LogP contribution in [-0.4, -0.2) is 42.1 Å². The number of thiazole rings is 1. The molecule has 11 heteroatoms. The van der Waals surface area contributed by atoms with E-state index in [0.717, 1.165) is 23.1 Å². The quantitative estimate of drug-likeness (QED) is 0.468. The number of halogens is 4. The molecule has 0 spiro atoms. The molecule has 0 aromatic carbocycles. The normalized spacial score (nSPS) is 18.0. The van der Waals surface area contributed by atoms with Crippen LogP contribution in [0.2, 0.25) is 0 Å². The van der Waals surface area contributed by atoms with Gasteiger partial charge in [0, 0.05) is 37.8 Å². The van der Waals surface area contributed by atoms with Crippen molar-refractivity contribution in [2.75, 3.05) is 25.0 Å². The predicted molar refractivity (Wildman–Crippen MR) is 95.3 cm³/mol. The average Bonchev–Trinajstić information content (AvgIpc) is 3.28. The monoisotopic (exact) mass is 402 g/mol. The van der Waals surface area contributed by atoms with Crippen molar-refractivity contribution in [2.45, 2.75) is 25.2 Å². The molecular weight excluding hydrogens is 384 g/mol. The molecule has 1 fully saturated rings. The van der Waals surface area contributed by atoms with Crippen LogP contribution in [0, 0.1) is 5.82 Å². The van der Waals surface area contributed by atoms with Gasteiger partial charge in [0.05, 0.1) is 6.54 Å². The number of rotatable bonds is 4. The summed E-state index contributed by atoms with van der Waals surface area (Å²) in [5, 5.41) is 7.45. The van der Waals surface area contributed by atoms with Crippen LogP contribution in [0.25, 0.3) is 0 Å². The third kappa shape index (κ3) is 4.85. The van der Waals surface area contributed by atoms with Crippen molar-refractivity contribution in [3.05, 3.63) is 40.2 Å². The number of hydrogen-bond acceptors (Lipinski definition) is 5. The van der Waals surface area contributed by atoms with Gasteiger partial charge in [0.25, 0.3) is 0 Å². The van der Waals surface area contributed by atoms with Crippen LogP contribution < -0.4 is 15.5 Å². The lowest BCUT2D eigenvalue weighted by Gasteiger charge is -2.19. The van der Waals surface area contributed by atoms with E-state index in [1.54, 1.807) is 19.3 Å². The van der Waals surface area contributed by atoms with E-state index >= 15 is 0 Å². The van der Waals surface area contributed by atoms with Crippen LogP contribution >= 0.6 is 11.3 Å². The van der Waals surface area contributed by atoms with Crippen LogP contribution in [0.3, 0.4) is 0 Å². The third-order valence-electron chi connectivity index (χ3n) is 4.04. The molecule has 1 aliphatic rings. The minimum atomic E-state index is -4.44. The maximum atomic E-state index is 13.8. The molecule has 0 aliphatic carbocycles. The van der Waals surface area contributed by atoms with Gasteiger partial charge in [-0.05, 0) is 18.6 Å².